The first kappa shape index (κ1) is 15.6. The van der Waals surface area contributed by atoms with Crippen LogP contribution in [0.3, 0.4) is 0 Å². The number of nitrogens with one attached hydrogen (secondary N) is 1. The van der Waals surface area contributed by atoms with Gasteiger partial charge >= 0.3 is 0 Å². The number of hydrogen-bond donors (Lipinski definition) is 1. The van der Waals surface area contributed by atoms with E-state index in [1.807, 2.05) is 30.3 Å². The fourth-order valence-corrected chi connectivity index (χ4v) is 1.91. The minimum absolute atomic E-state index is 0.186. The van der Waals surface area contributed by atoms with Crippen LogP contribution in [0.2, 0.25) is 0 Å². The van der Waals surface area contributed by atoms with Crippen LogP contribution in [0.5, 0.6) is 11.5 Å². The van der Waals surface area contributed by atoms with E-state index >= 15 is 0 Å². The van der Waals surface area contributed by atoms with Crippen LogP contribution in [0.4, 0.5) is 0 Å². The predicted octanol–water partition coefficient (Wildman–Crippen LogP) is 3.19. The monoisotopic (exact) mass is 297 g/mol. The molecule has 0 aliphatic heterocycles. The van der Waals surface area contributed by atoms with Crippen LogP contribution in [-0.4, -0.2) is 19.6 Å². The minimum Gasteiger partial charge on any atom is -0.489 e. The van der Waals surface area contributed by atoms with Crippen molar-refractivity contribution in [2.24, 2.45) is 0 Å². The van der Waals surface area contributed by atoms with E-state index in [1.54, 1.807) is 31.3 Å². The molecule has 2 aromatic rings. The Bertz CT molecular complexity index is 638. The maximum atomic E-state index is 11.8. The Morgan fingerprint density at radius 3 is 2.45 bits per heavy atom. The molecule has 0 saturated carbocycles. The molecule has 0 aliphatic carbocycles. The van der Waals surface area contributed by atoms with E-state index in [0.29, 0.717) is 30.3 Å². The number of rotatable bonds is 7. The molecule has 114 valence electrons. The van der Waals surface area contributed by atoms with Crippen LogP contribution in [0.15, 0.2) is 61.2 Å². The SMILES string of the molecule is C=CCOc1cc(OCc2ccccc2)cc(C(=O)NC)c1. The normalized spacial score (nSPS) is 9.86. The molecule has 0 aliphatic rings. The Balaban J connectivity index is 2.17. The molecule has 0 spiro atoms. The molecule has 0 bridgehead atoms. The quantitative estimate of drug-likeness (QED) is 0.798. The number of amides is 1. The number of benzene rings is 2. The summed E-state index contributed by atoms with van der Waals surface area (Å²) in [6.45, 7) is 4.41. The molecule has 0 unspecified atom stereocenters. The summed E-state index contributed by atoms with van der Waals surface area (Å²) < 4.78 is 11.3. The largest absolute Gasteiger partial charge is 0.489 e. The molecular formula is C18H19NO3. The van der Waals surface area contributed by atoms with Crippen LogP contribution >= 0.6 is 0 Å². The summed E-state index contributed by atoms with van der Waals surface area (Å²) in [5.41, 5.74) is 1.55. The molecule has 1 N–H and O–H groups in total. The van der Waals surface area contributed by atoms with Crippen molar-refractivity contribution in [2.45, 2.75) is 6.61 Å². The zero-order valence-corrected chi connectivity index (χ0v) is 12.5. The van der Waals surface area contributed by atoms with E-state index < -0.39 is 0 Å². The van der Waals surface area contributed by atoms with Crippen molar-refractivity contribution in [3.8, 4) is 11.5 Å². The lowest BCUT2D eigenvalue weighted by molar-refractivity contribution is 0.0962. The van der Waals surface area contributed by atoms with Gasteiger partial charge in [0.05, 0.1) is 0 Å². The molecule has 0 saturated heterocycles. The molecule has 2 aromatic carbocycles. The summed E-state index contributed by atoms with van der Waals surface area (Å²) in [7, 11) is 1.59. The third-order valence-electron chi connectivity index (χ3n) is 2.99. The topological polar surface area (TPSA) is 47.6 Å². The van der Waals surface area contributed by atoms with Gasteiger partial charge in [0.15, 0.2) is 0 Å². The zero-order chi connectivity index (χ0) is 15.8. The summed E-state index contributed by atoms with van der Waals surface area (Å²) in [5, 5.41) is 2.60. The van der Waals surface area contributed by atoms with E-state index in [9.17, 15) is 4.79 Å². The number of ether oxygens (including phenoxy) is 2. The van der Waals surface area contributed by atoms with Crippen LogP contribution < -0.4 is 14.8 Å². The van der Waals surface area contributed by atoms with Gasteiger partial charge in [0.2, 0.25) is 0 Å². The van der Waals surface area contributed by atoms with Gasteiger partial charge in [0.1, 0.15) is 24.7 Å². The Hall–Kier alpha value is -2.75. The second kappa shape index (κ2) is 7.88. The van der Waals surface area contributed by atoms with Gasteiger partial charge in [0.25, 0.3) is 5.91 Å². The highest BCUT2D eigenvalue weighted by Crippen LogP contribution is 2.24. The van der Waals surface area contributed by atoms with Gasteiger partial charge in [-0.1, -0.05) is 43.0 Å². The molecule has 0 fully saturated rings. The minimum atomic E-state index is -0.186. The van der Waals surface area contributed by atoms with Crippen LogP contribution in [0.1, 0.15) is 15.9 Å². The van der Waals surface area contributed by atoms with Gasteiger partial charge in [-0.25, -0.2) is 0 Å². The zero-order valence-electron chi connectivity index (χ0n) is 12.5. The smallest absolute Gasteiger partial charge is 0.251 e. The summed E-state index contributed by atoms with van der Waals surface area (Å²) in [6.07, 6.45) is 1.65. The Morgan fingerprint density at radius 1 is 1.14 bits per heavy atom. The average molecular weight is 297 g/mol. The molecule has 0 radical (unpaired) electrons. The highest BCUT2D eigenvalue weighted by atomic mass is 16.5. The summed E-state index contributed by atoms with van der Waals surface area (Å²) >= 11 is 0. The van der Waals surface area contributed by atoms with Crippen molar-refractivity contribution in [2.75, 3.05) is 13.7 Å². The van der Waals surface area contributed by atoms with Crippen molar-refractivity contribution in [1.82, 2.24) is 5.32 Å². The number of hydrogen-bond acceptors (Lipinski definition) is 3. The first-order chi connectivity index (χ1) is 10.7. The molecule has 0 atom stereocenters. The molecule has 0 heterocycles. The maximum absolute atomic E-state index is 11.8. The van der Waals surface area contributed by atoms with Gasteiger partial charge in [-0.05, 0) is 17.7 Å². The Labute approximate surface area is 130 Å². The molecule has 4 heteroatoms. The van der Waals surface area contributed by atoms with E-state index in [1.165, 1.54) is 0 Å². The van der Waals surface area contributed by atoms with Gasteiger partial charge < -0.3 is 14.8 Å². The summed E-state index contributed by atoms with van der Waals surface area (Å²) in [5.74, 6) is 0.974. The standard InChI is InChI=1S/C18H19NO3/c1-3-9-21-16-10-15(18(20)19-2)11-17(12-16)22-13-14-7-5-4-6-8-14/h3-8,10-12H,1,9,13H2,2H3,(H,19,20). The molecule has 4 nitrogen and oxygen atoms in total. The first-order valence-corrected chi connectivity index (χ1v) is 7.00. The van der Waals surface area contributed by atoms with Crippen molar-refractivity contribution in [3.63, 3.8) is 0 Å². The third kappa shape index (κ3) is 4.38. The van der Waals surface area contributed by atoms with Gasteiger partial charge in [-0.2, -0.15) is 0 Å². The van der Waals surface area contributed by atoms with E-state index in [0.717, 1.165) is 5.56 Å². The lowest BCUT2D eigenvalue weighted by Gasteiger charge is -2.11. The Morgan fingerprint density at radius 2 is 1.82 bits per heavy atom. The lowest BCUT2D eigenvalue weighted by atomic mass is 10.2. The van der Waals surface area contributed by atoms with E-state index in [2.05, 4.69) is 11.9 Å². The average Bonchev–Trinajstić information content (AvgIpc) is 2.58. The lowest BCUT2D eigenvalue weighted by Crippen LogP contribution is -2.18. The molecular weight excluding hydrogens is 278 g/mol. The molecule has 0 aromatic heterocycles. The van der Waals surface area contributed by atoms with Crippen molar-refractivity contribution >= 4 is 5.91 Å². The first-order valence-electron chi connectivity index (χ1n) is 7.00. The fraction of sp³-hybridized carbons (Fsp3) is 0.167. The second-order valence-corrected chi connectivity index (χ2v) is 4.65. The van der Waals surface area contributed by atoms with Gasteiger partial charge in [-0.3, -0.25) is 4.79 Å². The summed E-state index contributed by atoms with van der Waals surface area (Å²) in [4.78, 5) is 11.8. The predicted molar refractivity (Wildman–Crippen MR) is 86.3 cm³/mol. The maximum Gasteiger partial charge on any atom is 0.251 e. The van der Waals surface area contributed by atoms with Gasteiger partial charge in [0, 0.05) is 18.7 Å². The van der Waals surface area contributed by atoms with Crippen LogP contribution in [0, 0.1) is 0 Å². The van der Waals surface area contributed by atoms with Gasteiger partial charge in [-0.15, -0.1) is 0 Å². The van der Waals surface area contributed by atoms with Crippen molar-refractivity contribution in [1.29, 1.82) is 0 Å². The highest BCUT2D eigenvalue weighted by molar-refractivity contribution is 5.94. The molecule has 2 rings (SSSR count). The molecule has 22 heavy (non-hydrogen) atoms. The Kier molecular flexibility index (Phi) is 5.60. The molecule has 1 amide bonds. The number of carbonyl (C=O) groups is 1. The van der Waals surface area contributed by atoms with E-state index in [-0.39, 0.29) is 5.91 Å². The fourth-order valence-electron chi connectivity index (χ4n) is 1.91. The van der Waals surface area contributed by atoms with Crippen molar-refractivity contribution in [3.05, 3.63) is 72.3 Å². The van der Waals surface area contributed by atoms with Crippen LogP contribution in [0.25, 0.3) is 0 Å². The van der Waals surface area contributed by atoms with Crippen molar-refractivity contribution < 1.29 is 14.3 Å². The van der Waals surface area contributed by atoms with Crippen LogP contribution in [-0.2, 0) is 6.61 Å². The second-order valence-electron chi connectivity index (χ2n) is 4.65. The summed E-state index contributed by atoms with van der Waals surface area (Å²) in [6, 6.07) is 15.0. The van der Waals surface area contributed by atoms with E-state index in [4.69, 9.17) is 9.47 Å². The highest BCUT2D eigenvalue weighted by Gasteiger charge is 2.09. The third-order valence-corrected chi connectivity index (χ3v) is 2.99. The number of carbonyl (C=O) groups excluding carboxylic acids is 1.